The maximum atomic E-state index is 5.45. The third-order valence-corrected chi connectivity index (χ3v) is 2.30. The number of hydrogen-bond donors (Lipinski definition) is 2. The molecule has 0 saturated carbocycles. The first-order chi connectivity index (χ1) is 6.33. The van der Waals surface area contributed by atoms with Crippen molar-refractivity contribution in [3.8, 4) is 0 Å². The van der Waals surface area contributed by atoms with Crippen molar-refractivity contribution in [3.63, 3.8) is 0 Å². The fourth-order valence-electron chi connectivity index (χ4n) is 1.56. The molecule has 0 saturated heterocycles. The Morgan fingerprint density at radius 1 is 1.77 bits per heavy atom. The van der Waals surface area contributed by atoms with Crippen molar-refractivity contribution in [2.24, 2.45) is 5.84 Å². The van der Waals surface area contributed by atoms with Crippen LogP contribution in [0.4, 0.5) is 0 Å². The molecule has 76 valence electrons. The molecule has 1 aliphatic rings. The fraction of sp³-hybridized carbons (Fsp3) is 0.778. The second-order valence-electron chi connectivity index (χ2n) is 3.07. The molecule has 1 heterocycles. The van der Waals surface area contributed by atoms with Gasteiger partial charge in [0.05, 0.1) is 12.7 Å². The van der Waals surface area contributed by atoms with Crippen molar-refractivity contribution in [3.05, 3.63) is 11.8 Å². The van der Waals surface area contributed by atoms with Crippen LogP contribution in [0, 0.1) is 0 Å². The topological polar surface area (TPSA) is 56.5 Å². The fourth-order valence-corrected chi connectivity index (χ4v) is 1.56. The third kappa shape index (κ3) is 2.43. The molecule has 0 spiro atoms. The minimum Gasteiger partial charge on any atom is -0.496 e. The zero-order valence-corrected chi connectivity index (χ0v) is 8.25. The number of ether oxygens (including phenoxy) is 2. The monoisotopic (exact) mass is 186 g/mol. The van der Waals surface area contributed by atoms with E-state index < -0.39 is 0 Å². The lowest BCUT2D eigenvalue weighted by Crippen LogP contribution is -2.46. The molecule has 13 heavy (non-hydrogen) atoms. The predicted molar refractivity (Wildman–Crippen MR) is 50.9 cm³/mol. The predicted octanol–water partition coefficient (Wildman–Crippen LogP) is 0.548. The van der Waals surface area contributed by atoms with Gasteiger partial charge in [-0.25, -0.2) is 5.43 Å². The second kappa shape index (κ2) is 5.21. The van der Waals surface area contributed by atoms with Crippen molar-refractivity contribution < 1.29 is 9.47 Å². The molecule has 0 radical (unpaired) electrons. The third-order valence-electron chi connectivity index (χ3n) is 2.30. The van der Waals surface area contributed by atoms with Gasteiger partial charge in [0.2, 0.25) is 0 Å². The zero-order chi connectivity index (χ0) is 9.68. The molecule has 2 atom stereocenters. The summed E-state index contributed by atoms with van der Waals surface area (Å²) in [5.74, 6) is 6.37. The van der Waals surface area contributed by atoms with E-state index in [-0.39, 0.29) is 12.1 Å². The molecular weight excluding hydrogens is 168 g/mol. The van der Waals surface area contributed by atoms with E-state index in [2.05, 4.69) is 18.4 Å². The standard InChI is InChI=1S/C9H18N2O2/c1-3-7(12-2)9(11-10)8-5-4-6-13-8/h5,7,9,11H,3-4,6,10H2,1-2H3. The van der Waals surface area contributed by atoms with Crippen LogP contribution in [-0.4, -0.2) is 25.9 Å². The Balaban J connectivity index is 2.59. The van der Waals surface area contributed by atoms with Crippen LogP contribution in [0.5, 0.6) is 0 Å². The molecule has 1 rings (SSSR count). The quantitative estimate of drug-likeness (QED) is 0.486. The number of nitrogens with one attached hydrogen (secondary N) is 1. The van der Waals surface area contributed by atoms with Gasteiger partial charge in [0, 0.05) is 13.5 Å². The lowest BCUT2D eigenvalue weighted by molar-refractivity contribution is 0.0558. The summed E-state index contributed by atoms with van der Waals surface area (Å²) < 4.78 is 10.7. The number of nitrogens with two attached hydrogens (primary N) is 1. The van der Waals surface area contributed by atoms with Crippen LogP contribution in [0.1, 0.15) is 19.8 Å². The highest BCUT2D eigenvalue weighted by Crippen LogP contribution is 2.18. The van der Waals surface area contributed by atoms with E-state index in [1.807, 2.05) is 0 Å². The number of rotatable bonds is 5. The average molecular weight is 186 g/mol. The van der Waals surface area contributed by atoms with Crippen molar-refractivity contribution in [1.82, 2.24) is 5.43 Å². The normalized spacial score (nSPS) is 20.7. The SMILES string of the molecule is CCC(OC)C(NN)C1=CCCO1. The summed E-state index contributed by atoms with van der Waals surface area (Å²) >= 11 is 0. The van der Waals surface area contributed by atoms with Gasteiger partial charge in [0.25, 0.3) is 0 Å². The minimum atomic E-state index is -0.0162. The molecule has 3 N–H and O–H groups in total. The second-order valence-corrected chi connectivity index (χ2v) is 3.07. The molecule has 1 aliphatic heterocycles. The molecule has 4 nitrogen and oxygen atoms in total. The van der Waals surface area contributed by atoms with E-state index in [0.29, 0.717) is 0 Å². The van der Waals surface area contributed by atoms with E-state index in [9.17, 15) is 0 Å². The summed E-state index contributed by atoms with van der Waals surface area (Å²) in [6, 6.07) is -0.0162. The van der Waals surface area contributed by atoms with E-state index in [4.69, 9.17) is 15.3 Å². The van der Waals surface area contributed by atoms with Crippen molar-refractivity contribution in [2.75, 3.05) is 13.7 Å². The Labute approximate surface area is 79.1 Å². The zero-order valence-electron chi connectivity index (χ0n) is 8.25. The highest BCUT2D eigenvalue weighted by molar-refractivity contribution is 5.09. The van der Waals surface area contributed by atoms with Gasteiger partial charge in [-0.05, 0) is 12.5 Å². The lowest BCUT2D eigenvalue weighted by atomic mass is 10.1. The molecule has 4 heteroatoms. The summed E-state index contributed by atoms with van der Waals surface area (Å²) in [4.78, 5) is 0. The van der Waals surface area contributed by atoms with Gasteiger partial charge < -0.3 is 9.47 Å². The van der Waals surface area contributed by atoms with Crippen LogP contribution in [0.2, 0.25) is 0 Å². The van der Waals surface area contributed by atoms with Crippen molar-refractivity contribution in [1.29, 1.82) is 0 Å². The van der Waals surface area contributed by atoms with E-state index >= 15 is 0 Å². The first-order valence-electron chi connectivity index (χ1n) is 4.65. The van der Waals surface area contributed by atoms with Gasteiger partial charge in [-0.3, -0.25) is 5.84 Å². The summed E-state index contributed by atoms with van der Waals surface area (Å²) in [7, 11) is 1.69. The first kappa shape index (κ1) is 10.5. The minimum absolute atomic E-state index is 0.0162. The van der Waals surface area contributed by atoms with Crippen LogP contribution in [-0.2, 0) is 9.47 Å². The van der Waals surface area contributed by atoms with Gasteiger partial charge in [-0.1, -0.05) is 6.92 Å². The Bertz CT molecular complexity index is 178. The molecule has 0 bridgehead atoms. The largest absolute Gasteiger partial charge is 0.496 e. The van der Waals surface area contributed by atoms with E-state index in [0.717, 1.165) is 25.2 Å². The number of hydrazine groups is 1. The summed E-state index contributed by atoms with van der Waals surface area (Å²) in [6.07, 6.45) is 4.01. The van der Waals surface area contributed by atoms with Crippen LogP contribution in [0.15, 0.2) is 11.8 Å². The number of methoxy groups -OCH3 is 1. The van der Waals surface area contributed by atoms with Gasteiger partial charge in [0.1, 0.15) is 11.8 Å². The lowest BCUT2D eigenvalue weighted by Gasteiger charge is -2.24. The molecule has 0 fully saturated rings. The molecule has 2 unspecified atom stereocenters. The molecule has 0 aromatic heterocycles. The smallest absolute Gasteiger partial charge is 0.113 e. The van der Waals surface area contributed by atoms with E-state index in [1.165, 1.54) is 0 Å². The van der Waals surface area contributed by atoms with Gasteiger partial charge in [-0.15, -0.1) is 0 Å². The van der Waals surface area contributed by atoms with Crippen LogP contribution in [0.25, 0.3) is 0 Å². The Morgan fingerprint density at radius 2 is 2.54 bits per heavy atom. The average Bonchev–Trinajstić information content (AvgIpc) is 2.66. The van der Waals surface area contributed by atoms with Crippen LogP contribution < -0.4 is 11.3 Å². The summed E-state index contributed by atoms with van der Waals surface area (Å²) in [5, 5.41) is 0. The molecular formula is C9H18N2O2. The van der Waals surface area contributed by atoms with Crippen LogP contribution >= 0.6 is 0 Å². The Hall–Kier alpha value is -0.580. The Kier molecular flexibility index (Phi) is 4.21. The number of hydrogen-bond acceptors (Lipinski definition) is 4. The summed E-state index contributed by atoms with van der Waals surface area (Å²) in [5.41, 5.74) is 2.73. The van der Waals surface area contributed by atoms with Gasteiger partial charge in [0.15, 0.2) is 0 Å². The van der Waals surface area contributed by atoms with Gasteiger partial charge in [-0.2, -0.15) is 0 Å². The van der Waals surface area contributed by atoms with Crippen molar-refractivity contribution in [2.45, 2.75) is 31.9 Å². The highest BCUT2D eigenvalue weighted by Gasteiger charge is 2.25. The van der Waals surface area contributed by atoms with Crippen LogP contribution in [0.3, 0.4) is 0 Å². The first-order valence-corrected chi connectivity index (χ1v) is 4.65. The Morgan fingerprint density at radius 3 is 2.92 bits per heavy atom. The van der Waals surface area contributed by atoms with E-state index in [1.54, 1.807) is 7.11 Å². The molecule has 0 amide bonds. The maximum Gasteiger partial charge on any atom is 0.113 e. The summed E-state index contributed by atoms with van der Waals surface area (Å²) in [6.45, 7) is 2.82. The molecule has 0 aromatic carbocycles. The molecule has 0 aliphatic carbocycles. The molecule has 0 aromatic rings. The maximum absolute atomic E-state index is 5.45. The van der Waals surface area contributed by atoms with Gasteiger partial charge >= 0.3 is 0 Å². The van der Waals surface area contributed by atoms with Crippen molar-refractivity contribution >= 4 is 0 Å². The highest BCUT2D eigenvalue weighted by atomic mass is 16.5.